The minimum atomic E-state index is -0.291. The fraction of sp³-hybridized carbons (Fsp3) is 0.500. The number of hydrogen-bond donors (Lipinski definition) is 0. The lowest BCUT2D eigenvalue weighted by molar-refractivity contribution is 0.0990. The van der Waals surface area contributed by atoms with Crippen LogP contribution in [-0.4, -0.2) is 43.1 Å². The van der Waals surface area contributed by atoms with E-state index in [4.69, 9.17) is 9.47 Å². The Hall–Kier alpha value is -2.04. The highest BCUT2D eigenvalue weighted by Gasteiger charge is 2.20. The van der Waals surface area contributed by atoms with Crippen molar-refractivity contribution in [1.82, 2.24) is 4.90 Å². The van der Waals surface area contributed by atoms with Gasteiger partial charge in [-0.2, -0.15) is 4.99 Å². The lowest BCUT2D eigenvalue weighted by Crippen LogP contribution is -2.32. The van der Waals surface area contributed by atoms with E-state index in [1.165, 1.54) is 0 Å². The molecule has 1 aromatic carbocycles. The molecule has 0 saturated carbocycles. The standard InChI is InChI=1S/C16H22N2O3/c1-12(2)21-16(18-10-4-5-11-18)17-15(19)13-6-8-14(20-3)9-7-13/h6-9,12H,4-5,10-11H2,1-3H3. The van der Waals surface area contributed by atoms with Crippen LogP contribution in [0.2, 0.25) is 0 Å². The molecule has 0 radical (unpaired) electrons. The summed E-state index contributed by atoms with van der Waals surface area (Å²) in [6.45, 7) is 5.65. The molecule has 0 atom stereocenters. The number of ether oxygens (including phenoxy) is 2. The SMILES string of the molecule is COc1ccc(C(=O)N=C(OC(C)C)N2CCCC2)cc1. The molecule has 1 amide bonds. The normalized spacial score (nSPS) is 15.4. The van der Waals surface area contributed by atoms with Gasteiger partial charge in [-0.15, -0.1) is 0 Å². The number of likely N-dealkylation sites (tertiary alicyclic amines) is 1. The van der Waals surface area contributed by atoms with Crippen LogP contribution in [-0.2, 0) is 4.74 Å². The Kier molecular flexibility index (Phi) is 5.20. The number of methoxy groups -OCH3 is 1. The molecule has 114 valence electrons. The fourth-order valence-corrected chi connectivity index (χ4v) is 2.18. The molecule has 0 bridgehead atoms. The van der Waals surface area contributed by atoms with Crippen LogP contribution in [0.4, 0.5) is 0 Å². The summed E-state index contributed by atoms with van der Waals surface area (Å²) in [6.07, 6.45) is 2.21. The number of carbonyl (C=O) groups excluding carboxylic acids is 1. The molecule has 1 heterocycles. The molecule has 0 N–H and O–H groups in total. The van der Waals surface area contributed by atoms with E-state index in [1.807, 2.05) is 18.7 Å². The van der Waals surface area contributed by atoms with Gasteiger partial charge in [0, 0.05) is 18.7 Å². The van der Waals surface area contributed by atoms with E-state index in [0.717, 1.165) is 25.9 Å². The first-order valence-electron chi connectivity index (χ1n) is 7.29. The van der Waals surface area contributed by atoms with Gasteiger partial charge in [0.25, 0.3) is 11.9 Å². The van der Waals surface area contributed by atoms with Gasteiger partial charge in [0.1, 0.15) is 5.75 Å². The van der Waals surface area contributed by atoms with Crippen LogP contribution in [0.15, 0.2) is 29.3 Å². The van der Waals surface area contributed by atoms with Gasteiger partial charge in [0.05, 0.1) is 13.2 Å². The summed E-state index contributed by atoms with van der Waals surface area (Å²) < 4.78 is 10.8. The molecule has 21 heavy (non-hydrogen) atoms. The molecule has 5 heteroatoms. The van der Waals surface area contributed by atoms with E-state index in [2.05, 4.69) is 4.99 Å². The van der Waals surface area contributed by atoms with Gasteiger partial charge in [-0.05, 0) is 51.0 Å². The van der Waals surface area contributed by atoms with E-state index < -0.39 is 0 Å². The predicted octanol–water partition coefficient (Wildman–Crippen LogP) is 2.71. The molecule has 1 aliphatic heterocycles. The van der Waals surface area contributed by atoms with Crippen LogP contribution >= 0.6 is 0 Å². The van der Waals surface area contributed by atoms with Crippen molar-refractivity contribution in [2.24, 2.45) is 4.99 Å². The third kappa shape index (κ3) is 4.21. The van der Waals surface area contributed by atoms with Crippen molar-refractivity contribution in [2.75, 3.05) is 20.2 Å². The highest BCUT2D eigenvalue weighted by atomic mass is 16.5. The first-order chi connectivity index (χ1) is 10.1. The Bertz CT molecular complexity index is 503. The van der Waals surface area contributed by atoms with Gasteiger partial charge >= 0.3 is 0 Å². The number of amides is 1. The van der Waals surface area contributed by atoms with Gasteiger partial charge in [-0.1, -0.05) is 0 Å². The van der Waals surface area contributed by atoms with Crippen LogP contribution in [0.1, 0.15) is 37.0 Å². The first-order valence-corrected chi connectivity index (χ1v) is 7.29. The molecule has 1 fully saturated rings. The third-order valence-electron chi connectivity index (χ3n) is 3.25. The van der Waals surface area contributed by atoms with Crippen molar-refractivity contribution >= 4 is 11.9 Å². The monoisotopic (exact) mass is 290 g/mol. The molecule has 1 saturated heterocycles. The van der Waals surface area contributed by atoms with Crippen LogP contribution in [0, 0.1) is 0 Å². The molecule has 2 rings (SSSR count). The van der Waals surface area contributed by atoms with Gasteiger partial charge in [-0.25, -0.2) is 0 Å². The quantitative estimate of drug-likeness (QED) is 0.634. The number of rotatable bonds is 3. The molecule has 0 aromatic heterocycles. The molecule has 0 unspecified atom stereocenters. The van der Waals surface area contributed by atoms with Crippen molar-refractivity contribution in [3.05, 3.63) is 29.8 Å². The highest BCUT2D eigenvalue weighted by molar-refractivity contribution is 6.01. The molecular weight excluding hydrogens is 268 g/mol. The van der Waals surface area contributed by atoms with Crippen LogP contribution in [0.5, 0.6) is 5.75 Å². The maximum absolute atomic E-state index is 12.3. The Morgan fingerprint density at radius 3 is 2.33 bits per heavy atom. The summed E-state index contributed by atoms with van der Waals surface area (Å²) in [5, 5.41) is 0. The number of hydrogen-bond acceptors (Lipinski definition) is 3. The number of nitrogens with zero attached hydrogens (tertiary/aromatic N) is 2. The summed E-state index contributed by atoms with van der Waals surface area (Å²) in [5.74, 6) is 0.425. The number of benzene rings is 1. The van der Waals surface area contributed by atoms with E-state index in [0.29, 0.717) is 17.3 Å². The van der Waals surface area contributed by atoms with Gasteiger partial charge in [0.2, 0.25) is 0 Å². The van der Waals surface area contributed by atoms with Crippen LogP contribution in [0.3, 0.4) is 0 Å². The summed E-state index contributed by atoms with van der Waals surface area (Å²) in [6, 6.07) is 7.36. The van der Waals surface area contributed by atoms with Crippen molar-refractivity contribution in [3.63, 3.8) is 0 Å². The van der Waals surface area contributed by atoms with Crippen LogP contribution in [0.25, 0.3) is 0 Å². The fourth-order valence-electron chi connectivity index (χ4n) is 2.18. The van der Waals surface area contributed by atoms with Crippen molar-refractivity contribution in [2.45, 2.75) is 32.8 Å². The molecule has 0 spiro atoms. The Morgan fingerprint density at radius 2 is 1.81 bits per heavy atom. The Morgan fingerprint density at radius 1 is 1.19 bits per heavy atom. The molecule has 1 aliphatic rings. The third-order valence-corrected chi connectivity index (χ3v) is 3.25. The molecule has 5 nitrogen and oxygen atoms in total. The lowest BCUT2D eigenvalue weighted by atomic mass is 10.2. The molecular formula is C16H22N2O3. The number of amidine groups is 1. The van der Waals surface area contributed by atoms with E-state index in [-0.39, 0.29) is 12.0 Å². The van der Waals surface area contributed by atoms with E-state index >= 15 is 0 Å². The average molecular weight is 290 g/mol. The number of aliphatic imine (C=N–C) groups is 1. The largest absolute Gasteiger partial charge is 0.497 e. The van der Waals surface area contributed by atoms with E-state index in [9.17, 15) is 4.79 Å². The van der Waals surface area contributed by atoms with E-state index in [1.54, 1.807) is 31.4 Å². The number of carbonyl (C=O) groups is 1. The van der Waals surface area contributed by atoms with Crippen molar-refractivity contribution < 1.29 is 14.3 Å². The second-order valence-electron chi connectivity index (χ2n) is 5.29. The maximum Gasteiger partial charge on any atom is 0.295 e. The summed E-state index contributed by atoms with van der Waals surface area (Å²) in [7, 11) is 1.59. The maximum atomic E-state index is 12.3. The van der Waals surface area contributed by atoms with Gasteiger partial charge in [0.15, 0.2) is 0 Å². The predicted molar refractivity (Wildman–Crippen MR) is 81.8 cm³/mol. The minimum absolute atomic E-state index is 0.00647. The second-order valence-corrected chi connectivity index (χ2v) is 5.29. The van der Waals surface area contributed by atoms with Crippen LogP contribution < -0.4 is 4.74 Å². The zero-order valence-electron chi connectivity index (χ0n) is 12.8. The summed E-state index contributed by atoms with van der Waals surface area (Å²) in [4.78, 5) is 18.5. The van der Waals surface area contributed by atoms with Crippen molar-refractivity contribution in [3.8, 4) is 5.75 Å². The Labute approximate surface area is 125 Å². The zero-order chi connectivity index (χ0) is 15.2. The van der Waals surface area contributed by atoms with Gasteiger partial charge in [-0.3, -0.25) is 4.79 Å². The average Bonchev–Trinajstić information content (AvgIpc) is 3.00. The minimum Gasteiger partial charge on any atom is -0.497 e. The summed E-state index contributed by atoms with van der Waals surface area (Å²) in [5.41, 5.74) is 0.528. The highest BCUT2D eigenvalue weighted by Crippen LogP contribution is 2.14. The summed E-state index contributed by atoms with van der Waals surface area (Å²) >= 11 is 0. The first kappa shape index (κ1) is 15.4. The molecule has 1 aromatic rings. The topological polar surface area (TPSA) is 51.1 Å². The lowest BCUT2D eigenvalue weighted by Gasteiger charge is -2.21. The van der Waals surface area contributed by atoms with Crippen molar-refractivity contribution in [1.29, 1.82) is 0 Å². The smallest absolute Gasteiger partial charge is 0.295 e. The molecule has 0 aliphatic carbocycles. The zero-order valence-corrected chi connectivity index (χ0v) is 12.8. The second kappa shape index (κ2) is 7.11. The van der Waals surface area contributed by atoms with Gasteiger partial charge < -0.3 is 14.4 Å². The Balaban J connectivity index is 2.16.